The molecule has 0 saturated heterocycles. The highest BCUT2D eigenvalue weighted by Crippen LogP contribution is 2.47. The highest BCUT2D eigenvalue weighted by atomic mass is 32.2. The molecule has 2 aromatic heterocycles. The summed E-state index contributed by atoms with van der Waals surface area (Å²) in [7, 11) is -5.98. The van der Waals surface area contributed by atoms with E-state index in [-0.39, 0.29) is 36.8 Å². The Hall–Kier alpha value is -3.26. The molecule has 0 aliphatic heterocycles. The number of halogens is 3. The summed E-state index contributed by atoms with van der Waals surface area (Å²) in [5, 5.41) is 5.68. The number of benzene rings is 1. The predicted molar refractivity (Wildman–Crippen MR) is 142 cm³/mol. The third kappa shape index (κ3) is 7.66. The summed E-state index contributed by atoms with van der Waals surface area (Å²) in [4.78, 5) is 11.8. The fraction of sp³-hybridized carbons (Fsp3) is 0.348. The Morgan fingerprint density at radius 1 is 1.08 bits per heavy atom. The summed E-state index contributed by atoms with van der Waals surface area (Å²) in [6, 6.07) is 9.26. The minimum absolute atomic E-state index is 0.0540. The van der Waals surface area contributed by atoms with E-state index in [4.69, 9.17) is 9.05 Å². The van der Waals surface area contributed by atoms with Crippen LogP contribution in [0.5, 0.6) is 0 Å². The van der Waals surface area contributed by atoms with Crippen molar-refractivity contribution >= 4 is 46.2 Å². The highest BCUT2D eigenvalue weighted by Gasteiger charge is 2.35. The Morgan fingerprint density at radius 2 is 1.77 bits per heavy atom. The van der Waals surface area contributed by atoms with E-state index in [2.05, 4.69) is 25.6 Å². The van der Waals surface area contributed by atoms with Crippen LogP contribution in [0.2, 0.25) is 0 Å². The van der Waals surface area contributed by atoms with Crippen molar-refractivity contribution in [1.29, 1.82) is 0 Å². The van der Waals surface area contributed by atoms with E-state index in [1.54, 1.807) is 32.0 Å². The van der Waals surface area contributed by atoms with Crippen LogP contribution in [-0.4, -0.2) is 49.9 Å². The number of hydrogen-bond donors (Lipinski definition) is 2. The molecule has 11 nitrogen and oxygen atoms in total. The van der Waals surface area contributed by atoms with Crippen molar-refractivity contribution in [1.82, 2.24) is 15.0 Å². The standard InChI is InChI=1S/C23H28F3N6O5PS/c1-5-36-38(33,37-6-2)18-11-7-10-17(13-18)30-22-29-15-19(23(24,25)26)20(31-22)28-14-16-9-8-12-27-21(16)32(3)39(4,34)35/h7-13,15H,5-6,14H2,1-4H3,(H2,28,29,30,31). The summed E-state index contributed by atoms with van der Waals surface area (Å²) >= 11 is 0. The molecule has 0 saturated carbocycles. The lowest BCUT2D eigenvalue weighted by Gasteiger charge is -2.20. The largest absolute Gasteiger partial charge is 0.421 e. The zero-order chi connectivity index (χ0) is 28.8. The number of rotatable bonds is 12. The van der Waals surface area contributed by atoms with E-state index in [1.807, 2.05) is 0 Å². The molecular formula is C23H28F3N6O5PS. The van der Waals surface area contributed by atoms with E-state index >= 15 is 0 Å². The fourth-order valence-electron chi connectivity index (χ4n) is 3.38. The number of nitrogens with one attached hydrogen (secondary N) is 2. The molecule has 2 N–H and O–H groups in total. The van der Waals surface area contributed by atoms with Gasteiger partial charge in [-0.1, -0.05) is 12.1 Å². The van der Waals surface area contributed by atoms with E-state index in [0.29, 0.717) is 17.4 Å². The molecule has 39 heavy (non-hydrogen) atoms. The van der Waals surface area contributed by atoms with Crippen molar-refractivity contribution < 1.29 is 35.2 Å². The number of pyridine rings is 1. The van der Waals surface area contributed by atoms with E-state index in [9.17, 15) is 26.2 Å². The zero-order valence-electron chi connectivity index (χ0n) is 21.6. The van der Waals surface area contributed by atoms with Crippen molar-refractivity contribution in [2.45, 2.75) is 26.6 Å². The van der Waals surface area contributed by atoms with E-state index in [1.165, 1.54) is 31.4 Å². The Kier molecular flexibility index (Phi) is 9.54. The number of nitrogens with zero attached hydrogens (tertiary/aromatic N) is 4. The van der Waals surface area contributed by atoms with Crippen LogP contribution >= 0.6 is 7.60 Å². The van der Waals surface area contributed by atoms with Gasteiger partial charge < -0.3 is 19.7 Å². The van der Waals surface area contributed by atoms with Gasteiger partial charge in [-0.05, 0) is 38.1 Å². The van der Waals surface area contributed by atoms with Gasteiger partial charge in [-0.25, -0.2) is 18.4 Å². The van der Waals surface area contributed by atoms with Crippen LogP contribution in [0.1, 0.15) is 25.0 Å². The second-order valence-electron chi connectivity index (χ2n) is 8.03. The molecule has 3 rings (SSSR count). The molecule has 16 heteroatoms. The number of anilines is 4. The SMILES string of the molecule is CCOP(=O)(OCC)c1cccc(Nc2ncc(C(F)(F)F)c(NCc3cccnc3N(C)S(C)(=O)=O)n2)c1. The van der Waals surface area contributed by atoms with Gasteiger partial charge in [0.05, 0.1) is 24.8 Å². The van der Waals surface area contributed by atoms with Gasteiger partial charge in [0.25, 0.3) is 0 Å². The molecule has 0 amide bonds. The first-order valence-electron chi connectivity index (χ1n) is 11.6. The Morgan fingerprint density at radius 3 is 2.38 bits per heavy atom. The maximum absolute atomic E-state index is 13.7. The van der Waals surface area contributed by atoms with Gasteiger partial charge in [-0.15, -0.1) is 0 Å². The average Bonchev–Trinajstić information content (AvgIpc) is 2.86. The van der Waals surface area contributed by atoms with Crippen LogP contribution in [0.25, 0.3) is 0 Å². The summed E-state index contributed by atoms with van der Waals surface area (Å²) in [5.41, 5.74) is -0.468. The number of sulfonamides is 1. The van der Waals surface area contributed by atoms with Crippen molar-refractivity contribution in [3.63, 3.8) is 0 Å². The molecular weight excluding hydrogens is 560 g/mol. The van der Waals surface area contributed by atoms with Crippen molar-refractivity contribution in [2.24, 2.45) is 0 Å². The highest BCUT2D eigenvalue weighted by molar-refractivity contribution is 7.92. The second-order valence-corrected chi connectivity index (χ2v) is 12.1. The second kappa shape index (κ2) is 12.3. The molecule has 1 aromatic carbocycles. The first-order valence-corrected chi connectivity index (χ1v) is 15.0. The topological polar surface area (TPSA) is 136 Å². The smallest absolute Gasteiger partial charge is 0.365 e. The van der Waals surface area contributed by atoms with Gasteiger partial charge in [0, 0.05) is 37.2 Å². The normalized spacial score (nSPS) is 12.3. The number of hydrogen-bond acceptors (Lipinski definition) is 10. The maximum Gasteiger partial charge on any atom is 0.421 e. The molecule has 0 radical (unpaired) electrons. The molecule has 0 unspecified atom stereocenters. The molecule has 0 aliphatic carbocycles. The lowest BCUT2D eigenvalue weighted by atomic mass is 10.2. The van der Waals surface area contributed by atoms with Crippen LogP contribution in [0.15, 0.2) is 48.8 Å². The van der Waals surface area contributed by atoms with Gasteiger partial charge in [-0.3, -0.25) is 8.87 Å². The maximum atomic E-state index is 13.7. The first-order chi connectivity index (χ1) is 18.3. The van der Waals surface area contributed by atoms with Gasteiger partial charge >= 0.3 is 13.8 Å². The Bertz CT molecular complexity index is 1450. The van der Waals surface area contributed by atoms with Crippen LogP contribution in [-0.2, 0) is 36.4 Å². The first kappa shape index (κ1) is 30.3. The molecule has 0 bridgehead atoms. The quantitative estimate of drug-likeness (QED) is 0.291. The van der Waals surface area contributed by atoms with Crippen LogP contribution in [0, 0.1) is 0 Å². The molecule has 0 fully saturated rings. The lowest BCUT2D eigenvalue weighted by Crippen LogP contribution is -2.27. The molecule has 212 valence electrons. The summed E-state index contributed by atoms with van der Waals surface area (Å²) < 4.78 is 89.9. The van der Waals surface area contributed by atoms with Crippen LogP contribution in [0.3, 0.4) is 0 Å². The van der Waals surface area contributed by atoms with Crippen LogP contribution < -0.4 is 20.2 Å². The van der Waals surface area contributed by atoms with Gasteiger partial charge in [0.2, 0.25) is 16.0 Å². The molecule has 0 aliphatic rings. The fourth-order valence-corrected chi connectivity index (χ4v) is 5.48. The predicted octanol–water partition coefficient (Wildman–Crippen LogP) is 4.53. The van der Waals surface area contributed by atoms with Crippen molar-refractivity contribution in [3.05, 3.63) is 59.9 Å². The van der Waals surface area contributed by atoms with Crippen LogP contribution in [0.4, 0.5) is 36.4 Å². The summed E-state index contributed by atoms with van der Waals surface area (Å²) in [6.07, 6.45) is -1.79. The Labute approximate surface area is 224 Å². The van der Waals surface area contributed by atoms with Gasteiger partial charge in [-0.2, -0.15) is 18.2 Å². The number of alkyl halides is 3. The van der Waals surface area contributed by atoms with Gasteiger partial charge in [0.15, 0.2) is 0 Å². The summed E-state index contributed by atoms with van der Waals surface area (Å²) in [5.74, 6) is -0.662. The van der Waals surface area contributed by atoms with E-state index in [0.717, 1.165) is 10.6 Å². The third-order valence-corrected chi connectivity index (χ3v) is 8.50. The average molecular weight is 589 g/mol. The van der Waals surface area contributed by atoms with Gasteiger partial charge in [0.1, 0.15) is 17.2 Å². The third-order valence-electron chi connectivity index (χ3n) is 5.22. The Balaban J connectivity index is 1.92. The monoisotopic (exact) mass is 588 g/mol. The minimum atomic E-state index is -4.77. The molecule has 3 aromatic rings. The number of aromatic nitrogens is 3. The van der Waals surface area contributed by atoms with Crippen molar-refractivity contribution in [2.75, 3.05) is 41.5 Å². The zero-order valence-corrected chi connectivity index (χ0v) is 23.3. The molecule has 0 atom stereocenters. The molecule has 0 spiro atoms. The van der Waals surface area contributed by atoms with E-state index < -0.39 is 35.2 Å². The van der Waals surface area contributed by atoms with Crippen molar-refractivity contribution in [3.8, 4) is 0 Å². The molecule has 2 heterocycles. The minimum Gasteiger partial charge on any atom is -0.365 e. The summed E-state index contributed by atoms with van der Waals surface area (Å²) in [6.45, 7) is 3.41. The lowest BCUT2D eigenvalue weighted by molar-refractivity contribution is -0.137.